The zero-order valence-electron chi connectivity index (χ0n) is 9.52. The number of fused-ring (bicyclic) bond motifs is 1. The number of aromatic nitrogens is 3. The van der Waals surface area contributed by atoms with E-state index in [1.807, 2.05) is 31.2 Å². The predicted octanol–water partition coefficient (Wildman–Crippen LogP) is 4.18. The van der Waals surface area contributed by atoms with Crippen molar-refractivity contribution in [3.05, 3.63) is 40.7 Å². The fourth-order valence-electron chi connectivity index (χ4n) is 1.76. The van der Waals surface area contributed by atoms with Gasteiger partial charge in [0.1, 0.15) is 5.15 Å². The molecule has 3 nitrogen and oxygen atoms in total. The Morgan fingerprint density at radius 3 is 2.78 bits per heavy atom. The second kappa shape index (κ2) is 4.53. The van der Waals surface area contributed by atoms with E-state index < -0.39 is 0 Å². The first-order chi connectivity index (χ1) is 8.70. The highest BCUT2D eigenvalue weighted by atomic mass is 35.5. The summed E-state index contributed by atoms with van der Waals surface area (Å²) < 4.78 is 2.77. The fraction of sp³-hybridized carbons (Fsp3) is 0.167. The summed E-state index contributed by atoms with van der Waals surface area (Å²) in [5, 5.41) is 5.70. The van der Waals surface area contributed by atoms with Crippen LogP contribution in [-0.4, -0.2) is 14.8 Å². The highest BCUT2D eigenvalue weighted by molar-refractivity contribution is 7.20. The molecule has 0 saturated heterocycles. The van der Waals surface area contributed by atoms with Gasteiger partial charge in [-0.05, 0) is 19.1 Å². The SMILES string of the molecule is Cc1nn(-c2nc3ccccc3s2)c(Cl)c1CCl. The second-order valence-electron chi connectivity index (χ2n) is 3.86. The number of thiazole rings is 1. The zero-order chi connectivity index (χ0) is 12.7. The highest BCUT2D eigenvalue weighted by Gasteiger charge is 2.16. The molecule has 0 atom stereocenters. The summed E-state index contributed by atoms with van der Waals surface area (Å²) in [5.74, 6) is 0.357. The molecule has 0 aliphatic carbocycles. The number of hydrogen-bond acceptors (Lipinski definition) is 3. The first kappa shape index (κ1) is 12.0. The summed E-state index contributed by atoms with van der Waals surface area (Å²) in [6.45, 7) is 1.90. The lowest BCUT2D eigenvalue weighted by Gasteiger charge is -1.96. The topological polar surface area (TPSA) is 30.7 Å². The van der Waals surface area contributed by atoms with E-state index in [1.54, 1.807) is 16.0 Å². The van der Waals surface area contributed by atoms with Gasteiger partial charge in [0.25, 0.3) is 0 Å². The first-order valence-corrected chi connectivity index (χ1v) is 7.09. The molecule has 0 amide bonds. The van der Waals surface area contributed by atoms with Crippen LogP contribution >= 0.6 is 34.5 Å². The van der Waals surface area contributed by atoms with E-state index in [-0.39, 0.29) is 0 Å². The summed E-state index contributed by atoms with van der Waals surface area (Å²) >= 11 is 13.7. The van der Waals surface area contributed by atoms with Gasteiger partial charge in [0.05, 0.1) is 21.8 Å². The number of alkyl halides is 1. The van der Waals surface area contributed by atoms with Gasteiger partial charge in [0.15, 0.2) is 0 Å². The minimum absolute atomic E-state index is 0.357. The molecular formula is C12H9Cl2N3S. The third-order valence-corrected chi connectivity index (χ3v) is 4.39. The summed E-state index contributed by atoms with van der Waals surface area (Å²) in [4.78, 5) is 4.52. The largest absolute Gasteiger partial charge is 0.218 e. The second-order valence-corrected chi connectivity index (χ2v) is 5.50. The van der Waals surface area contributed by atoms with Crippen molar-refractivity contribution in [2.75, 3.05) is 0 Å². The van der Waals surface area contributed by atoms with E-state index in [0.717, 1.165) is 26.6 Å². The monoisotopic (exact) mass is 297 g/mol. The van der Waals surface area contributed by atoms with Crippen molar-refractivity contribution in [3.63, 3.8) is 0 Å². The van der Waals surface area contributed by atoms with Crippen molar-refractivity contribution in [2.45, 2.75) is 12.8 Å². The number of aryl methyl sites for hydroxylation is 1. The number of benzene rings is 1. The molecule has 3 aromatic rings. The number of rotatable bonds is 2. The van der Waals surface area contributed by atoms with Crippen LogP contribution in [0.4, 0.5) is 0 Å². The van der Waals surface area contributed by atoms with Gasteiger partial charge in [-0.3, -0.25) is 0 Å². The molecule has 0 aliphatic rings. The Bertz CT molecular complexity index is 684. The maximum atomic E-state index is 6.27. The van der Waals surface area contributed by atoms with Crippen molar-refractivity contribution in [2.24, 2.45) is 0 Å². The molecule has 0 fully saturated rings. The highest BCUT2D eigenvalue weighted by Crippen LogP contribution is 2.29. The minimum Gasteiger partial charge on any atom is -0.218 e. The van der Waals surface area contributed by atoms with E-state index >= 15 is 0 Å². The molecule has 2 aromatic heterocycles. The first-order valence-electron chi connectivity index (χ1n) is 5.36. The van der Waals surface area contributed by atoms with Crippen LogP contribution in [-0.2, 0) is 5.88 Å². The van der Waals surface area contributed by atoms with Crippen LogP contribution in [0.5, 0.6) is 0 Å². The van der Waals surface area contributed by atoms with Crippen molar-refractivity contribution in [1.29, 1.82) is 0 Å². The van der Waals surface area contributed by atoms with Gasteiger partial charge >= 0.3 is 0 Å². The molecule has 18 heavy (non-hydrogen) atoms. The van der Waals surface area contributed by atoms with Crippen molar-refractivity contribution >= 4 is 44.8 Å². The van der Waals surface area contributed by atoms with Gasteiger partial charge in [0, 0.05) is 5.56 Å². The molecule has 0 radical (unpaired) electrons. The van der Waals surface area contributed by atoms with Crippen molar-refractivity contribution in [1.82, 2.24) is 14.8 Å². The Labute approximate surface area is 118 Å². The Balaban J connectivity index is 2.20. The molecule has 0 bridgehead atoms. The smallest absolute Gasteiger partial charge is 0.212 e. The van der Waals surface area contributed by atoms with Crippen LogP contribution in [0.15, 0.2) is 24.3 Å². The Kier molecular flexibility index (Phi) is 3.01. The van der Waals surface area contributed by atoms with Crippen LogP contribution in [0, 0.1) is 6.92 Å². The summed E-state index contributed by atoms with van der Waals surface area (Å²) in [6, 6.07) is 7.96. The molecule has 1 aromatic carbocycles. The van der Waals surface area contributed by atoms with Crippen LogP contribution in [0.2, 0.25) is 5.15 Å². The Morgan fingerprint density at radius 1 is 1.33 bits per heavy atom. The molecule has 92 valence electrons. The Morgan fingerprint density at radius 2 is 2.11 bits per heavy atom. The van der Waals surface area contributed by atoms with Gasteiger partial charge in [-0.25, -0.2) is 4.98 Å². The van der Waals surface area contributed by atoms with E-state index in [9.17, 15) is 0 Å². The van der Waals surface area contributed by atoms with Crippen molar-refractivity contribution < 1.29 is 0 Å². The van der Waals surface area contributed by atoms with E-state index in [1.165, 1.54) is 0 Å². The lowest BCUT2D eigenvalue weighted by atomic mass is 10.3. The van der Waals surface area contributed by atoms with Crippen LogP contribution in [0.1, 0.15) is 11.3 Å². The fourth-order valence-corrected chi connectivity index (χ4v) is 3.44. The van der Waals surface area contributed by atoms with Crippen LogP contribution in [0.3, 0.4) is 0 Å². The minimum atomic E-state index is 0.357. The summed E-state index contributed by atoms with van der Waals surface area (Å²) in [7, 11) is 0. The Hall–Kier alpha value is -1.10. The quantitative estimate of drug-likeness (QED) is 0.664. The normalized spacial score (nSPS) is 11.3. The lowest BCUT2D eigenvalue weighted by Crippen LogP contribution is -1.95. The number of nitrogens with zero attached hydrogens (tertiary/aromatic N) is 3. The molecule has 0 spiro atoms. The maximum absolute atomic E-state index is 6.27. The van der Waals surface area contributed by atoms with Crippen LogP contribution in [0.25, 0.3) is 15.3 Å². The molecule has 0 N–H and O–H groups in total. The molecule has 2 heterocycles. The van der Waals surface area contributed by atoms with Gasteiger partial charge in [-0.15, -0.1) is 11.6 Å². The van der Waals surface area contributed by atoms with Crippen LogP contribution < -0.4 is 0 Å². The van der Waals surface area contributed by atoms with Crippen molar-refractivity contribution in [3.8, 4) is 5.13 Å². The van der Waals surface area contributed by atoms with Gasteiger partial charge < -0.3 is 0 Å². The molecular weight excluding hydrogens is 289 g/mol. The number of hydrogen-bond donors (Lipinski definition) is 0. The maximum Gasteiger partial charge on any atom is 0.212 e. The molecule has 0 aliphatic heterocycles. The molecule has 0 unspecified atom stereocenters. The average Bonchev–Trinajstić information content (AvgIpc) is 2.90. The predicted molar refractivity (Wildman–Crippen MR) is 76.0 cm³/mol. The average molecular weight is 298 g/mol. The van der Waals surface area contributed by atoms with E-state index in [4.69, 9.17) is 23.2 Å². The summed E-state index contributed by atoms with van der Waals surface area (Å²) in [6.07, 6.45) is 0. The van der Waals surface area contributed by atoms with Gasteiger partial charge in [-0.1, -0.05) is 35.1 Å². The molecule has 3 rings (SSSR count). The zero-order valence-corrected chi connectivity index (χ0v) is 11.9. The molecule has 6 heteroatoms. The summed E-state index contributed by atoms with van der Waals surface area (Å²) in [5.41, 5.74) is 2.65. The van der Waals surface area contributed by atoms with Gasteiger partial charge in [0.2, 0.25) is 5.13 Å². The third-order valence-electron chi connectivity index (χ3n) is 2.72. The number of para-hydroxylation sites is 1. The van der Waals surface area contributed by atoms with E-state index in [0.29, 0.717) is 11.0 Å². The van der Waals surface area contributed by atoms with Gasteiger partial charge in [-0.2, -0.15) is 9.78 Å². The number of halogens is 2. The standard InChI is InChI=1S/C12H9Cl2N3S/c1-7-8(6-13)11(14)17(16-7)12-15-9-4-2-3-5-10(9)18-12/h2-5H,6H2,1H3. The molecule has 0 saturated carbocycles. The third kappa shape index (κ3) is 1.81. The van der Waals surface area contributed by atoms with E-state index in [2.05, 4.69) is 10.1 Å². The lowest BCUT2D eigenvalue weighted by molar-refractivity contribution is 0.856.